The Hall–Kier alpha value is -1.25. The van der Waals surface area contributed by atoms with Crippen molar-refractivity contribution in [3.63, 3.8) is 0 Å². The average Bonchev–Trinajstić information content (AvgIpc) is 2.54. The average molecular weight is 278 g/mol. The van der Waals surface area contributed by atoms with E-state index in [9.17, 15) is 0 Å². The molecule has 0 bridgehead atoms. The van der Waals surface area contributed by atoms with Crippen molar-refractivity contribution in [1.29, 1.82) is 0 Å². The molecule has 0 N–H and O–H groups in total. The first kappa shape index (κ1) is 14.2. The van der Waals surface area contributed by atoms with Gasteiger partial charge in [0.2, 0.25) is 0 Å². The first-order valence-corrected chi connectivity index (χ1v) is 6.90. The Morgan fingerprint density at radius 1 is 1.05 bits per heavy atom. The molecular weight excluding hydrogens is 256 g/mol. The Bertz CT molecular complexity index is 574. The zero-order valence-corrected chi connectivity index (χ0v) is 13.1. The highest BCUT2D eigenvalue weighted by Gasteiger charge is 2.16. The number of halogens is 1. The lowest BCUT2D eigenvalue weighted by molar-refractivity contribution is -0.884. The van der Waals surface area contributed by atoms with Crippen LogP contribution in [0, 0.1) is 13.8 Å². The van der Waals surface area contributed by atoms with Crippen molar-refractivity contribution in [1.82, 2.24) is 4.57 Å². The van der Waals surface area contributed by atoms with Gasteiger partial charge >= 0.3 is 0 Å². The fourth-order valence-electron chi connectivity index (χ4n) is 2.49. The Labute approximate surface area is 120 Å². The fraction of sp³-hybridized carbons (Fsp3) is 0.375. The van der Waals surface area contributed by atoms with Gasteiger partial charge in [0.15, 0.2) is 0 Å². The molecule has 0 saturated heterocycles. The molecule has 1 aromatic heterocycles. The molecule has 0 unspecified atom stereocenters. The van der Waals surface area contributed by atoms with Crippen LogP contribution >= 0.6 is 11.6 Å². The van der Waals surface area contributed by atoms with Crippen LogP contribution in [0.4, 0.5) is 0 Å². The minimum absolute atomic E-state index is 0.776. The topological polar surface area (TPSA) is 4.93 Å². The van der Waals surface area contributed by atoms with E-state index in [-0.39, 0.29) is 0 Å². The highest BCUT2D eigenvalue weighted by atomic mass is 35.5. The van der Waals surface area contributed by atoms with Gasteiger partial charge in [0, 0.05) is 27.7 Å². The van der Waals surface area contributed by atoms with Crippen molar-refractivity contribution in [3.8, 4) is 5.69 Å². The van der Waals surface area contributed by atoms with E-state index in [1.54, 1.807) is 0 Å². The summed E-state index contributed by atoms with van der Waals surface area (Å²) < 4.78 is 3.23. The van der Waals surface area contributed by atoms with E-state index in [1.807, 2.05) is 12.1 Å². The highest BCUT2D eigenvalue weighted by molar-refractivity contribution is 6.30. The van der Waals surface area contributed by atoms with E-state index < -0.39 is 0 Å². The van der Waals surface area contributed by atoms with Crippen molar-refractivity contribution in [2.75, 3.05) is 21.1 Å². The molecule has 0 saturated carbocycles. The molecule has 0 spiro atoms. The molecule has 1 aromatic carbocycles. The minimum Gasteiger partial charge on any atom is -0.327 e. The number of aryl methyl sites for hydroxylation is 1. The second-order valence-corrected chi connectivity index (χ2v) is 6.59. The van der Waals surface area contributed by atoms with Crippen molar-refractivity contribution in [2.45, 2.75) is 20.4 Å². The summed E-state index contributed by atoms with van der Waals surface area (Å²) in [6.07, 6.45) is 0. The SMILES string of the molecule is Cc1cc(C[N+](C)(C)C)c(C)n1-c1ccc(Cl)cc1. The Morgan fingerprint density at radius 2 is 1.63 bits per heavy atom. The van der Waals surface area contributed by atoms with Gasteiger partial charge in [0.1, 0.15) is 6.54 Å². The third-order valence-corrected chi connectivity index (χ3v) is 3.52. The molecule has 0 aliphatic heterocycles. The molecule has 0 radical (unpaired) electrons. The molecule has 0 fully saturated rings. The van der Waals surface area contributed by atoms with Gasteiger partial charge in [0.05, 0.1) is 21.1 Å². The van der Waals surface area contributed by atoms with Crippen molar-refractivity contribution >= 4 is 11.6 Å². The summed E-state index contributed by atoms with van der Waals surface area (Å²) in [5.74, 6) is 0. The third-order valence-electron chi connectivity index (χ3n) is 3.27. The van der Waals surface area contributed by atoms with Crippen LogP contribution in [0.25, 0.3) is 5.69 Å². The molecule has 102 valence electrons. The molecule has 0 aliphatic carbocycles. The van der Waals surface area contributed by atoms with Crippen molar-refractivity contribution < 1.29 is 4.48 Å². The standard InChI is InChI=1S/C16H22ClN2/c1-12-10-14(11-19(3,4)5)13(2)18(12)16-8-6-15(17)7-9-16/h6-10H,11H2,1-5H3/q+1. The number of nitrogens with zero attached hydrogens (tertiary/aromatic N) is 2. The van der Waals surface area contributed by atoms with Gasteiger partial charge in [-0.2, -0.15) is 0 Å². The number of benzene rings is 1. The Morgan fingerprint density at radius 3 is 2.16 bits per heavy atom. The van der Waals surface area contributed by atoms with Gasteiger partial charge < -0.3 is 9.05 Å². The van der Waals surface area contributed by atoms with Gasteiger partial charge in [-0.3, -0.25) is 0 Å². The van der Waals surface area contributed by atoms with Crippen LogP contribution in [0.3, 0.4) is 0 Å². The summed E-state index contributed by atoms with van der Waals surface area (Å²) in [5, 5.41) is 0.776. The third kappa shape index (κ3) is 3.20. The van der Waals surface area contributed by atoms with E-state index in [1.165, 1.54) is 22.6 Å². The maximum absolute atomic E-state index is 5.96. The van der Waals surface area contributed by atoms with E-state index in [2.05, 4.69) is 57.8 Å². The van der Waals surface area contributed by atoms with Crippen molar-refractivity contribution in [3.05, 3.63) is 52.3 Å². The summed E-state index contributed by atoms with van der Waals surface area (Å²) in [6.45, 7) is 5.38. The van der Waals surface area contributed by atoms with Gasteiger partial charge in [-0.25, -0.2) is 0 Å². The smallest absolute Gasteiger partial charge is 0.106 e. The van der Waals surface area contributed by atoms with Gasteiger partial charge in [-0.1, -0.05) is 11.6 Å². The zero-order valence-electron chi connectivity index (χ0n) is 12.4. The highest BCUT2D eigenvalue weighted by Crippen LogP contribution is 2.23. The van der Waals surface area contributed by atoms with Gasteiger partial charge in [0.25, 0.3) is 0 Å². The maximum atomic E-state index is 5.96. The van der Waals surface area contributed by atoms with Gasteiger partial charge in [-0.05, 0) is 44.2 Å². The summed E-state index contributed by atoms with van der Waals surface area (Å²) in [6, 6.07) is 10.3. The second kappa shape index (κ2) is 5.03. The minimum atomic E-state index is 0.776. The molecule has 2 rings (SSSR count). The van der Waals surface area contributed by atoms with Crippen LogP contribution < -0.4 is 0 Å². The first-order chi connectivity index (χ1) is 8.78. The maximum Gasteiger partial charge on any atom is 0.106 e. The van der Waals surface area contributed by atoms with E-state index in [0.717, 1.165) is 16.1 Å². The lowest BCUT2D eigenvalue weighted by Crippen LogP contribution is -2.33. The molecule has 0 atom stereocenters. The predicted octanol–water partition coefficient (Wildman–Crippen LogP) is 3.95. The largest absolute Gasteiger partial charge is 0.327 e. The van der Waals surface area contributed by atoms with Crippen LogP contribution in [0.5, 0.6) is 0 Å². The summed E-state index contributed by atoms with van der Waals surface area (Å²) in [7, 11) is 6.65. The molecule has 19 heavy (non-hydrogen) atoms. The quantitative estimate of drug-likeness (QED) is 0.749. The number of rotatable bonds is 3. The molecule has 1 heterocycles. The molecule has 0 aliphatic rings. The van der Waals surface area contributed by atoms with Crippen LogP contribution in [0.15, 0.2) is 30.3 Å². The van der Waals surface area contributed by atoms with Crippen LogP contribution in [-0.2, 0) is 6.54 Å². The molecule has 2 nitrogen and oxygen atoms in total. The van der Waals surface area contributed by atoms with E-state index >= 15 is 0 Å². The van der Waals surface area contributed by atoms with E-state index in [0.29, 0.717) is 0 Å². The lowest BCUT2D eigenvalue weighted by atomic mass is 10.2. The number of hydrogen-bond acceptors (Lipinski definition) is 0. The molecule has 0 amide bonds. The zero-order chi connectivity index (χ0) is 14.2. The van der Waals surface area contributed by atoms with Crippen LogP contribution in [0.1, 0.15) is 17.0 Å². The second-order valence-electron chi connectivity index (χ2n) is 6.16. The van der Waals surface area contributed by atoms with E-state index in [4.69, 9.17) is 11.6 Å². The monoisotopic (exact) mass is 277 g/mol. The Balaban J connectivity index is 2.45. The normalized spacial score (nSPS) is 11.9. The fourth-order valence-corrected chi connectivity index (χ4v) is 2.61. The van der Waals surface area contributed by atoms with Crippen LogP contribution in [-0.4, -0.2) is 30.2 Å². The molecule has 3 heteroatoms. The molecular formula is C16H22ClN2+. The van der Waals surface area contributed by atoms with Gasteiger partial charge in [-0.15, -0.1) is 0 Å². The number of hydrogen-bond donors (Lipinski definition) is 0. The summed E-state index contributed by atoms with van der Waals surface area (Å²) in [5.41, 5.74) is 5.16. The lowest BCUT2D eigenvalue weighted by Gasteiger charge is -2.23. The first-order valence-electron chi connectivity index (χ1n) is 6.52. The summed E-state index contributed by atoms with van der Waals surface area (Å²) in [4.78, 5) is 0. The van der Waals surface area contributed by atoms with Crippen molar-refractivity contribution in [2.24, 2.45) is 0 Å². The predicted molar refractivity (Wildman–Crippen MR) is 82.0 cm³/mol. The summed E-state index contributed by atoms with van der Waals surface area (Å²) >= 11 is 5.96. The van der Waals surface area contributed by atoms with Crippen LogP contribution in [0.2, 0.25) is 5.02 Å². The Kier molecular flexibility index (Phi) is 3.75. The molecule has 2 aromatic rings. The number of aromatic nitrogens is 1. The number of quaternary nitrogens is 1.